The number of nitrogens with one attached hydrogen (secondary N) is 1. The Hall–Kier alpha value is -0.910. The lowest BCUT2D eigenvalue weighted by molar-refractivity contribution is 0.0976. The van der Waals surface area contributed by atoms with Crippen LogP contribution in [0.5, 0.6) is 0 Å². The van der Waals surface area contributed by atoms with E-state index < -0.39 is 0 Å². The fourth-order valence-electron chi connectivity index (χ4n) is 2.55. The lowest BCUT2D eigenvalue weighted by Crippen LogP contribution is -2.33. The average Bonchev–Trinajstić information content (AvgIpc) is 3.03. The number of ketones is 1. The highest BCUT2D eigenvalue weighted by Crippen LogP contribution is 2.19. The van der Waals surface area contributed by atoms with E-state index in [2.05, 4.69) is 15.3 Å². The first kappa shape index (κ1) is 15.5. The molecule has 0 radical (unpaired) electrons. The van der Waals surface area contributed by atoms with Crippen molar-refractivity contribution in [1.29, 1.82) is 0 Å². The summed E-state index contributed by atoms with van der Waals surface area (Å²) in [5.74, 6) is 0.0261. The van der Waals surface area contributed by atoms with Crippen molar-refractivity contribution >= 4 is 17.4 Å². The van der Waals surface area contributed by atoms with Gasteiger partial charge in [0.05, 0.1) is 24.3 Å². The Balaban J connectivity index is 1.95. The molecule has 5 nitrogen and oxygen atoms in total. The van der Waals surface area contributed by atoms with Crippen LogP contribution in [0.25, 0.3) is 0 Å². The fourth-order valence-corrected chi connectivity index (χ4v) is 2.80. The summed E-state index contributed by atoms with van der Waals surface area (Å²) in [4.78, 5) is 14.4. The van der Waals surface area contributed by atoms with Crippen LogP contribution in [-0.4, -0.2) is 53.7 Å². The summed E-state index contributed by atoms with van der Waals surface area (Å²) >= 11 is 6.10. The number of Topliss-reactive ketones (excluding diaryl/α,β-unsaturated/α-hetero) is 1. The van der Waals surface area contributed by atoms with Crippen LogP contribution in [0.2, 0.25) is 5.02 Å². The molecule has 2 rings (SSSR count). The number of hydrogen-bond acceptors (Lipinski definition) is 4. The summed E-state index contributed by atoms with van der Waals surface area (Å²) < 4.78 is 1.71. The largest absolute Gasteiger partial charge is 0.308 e. The zero-order valence-electron chi connectivity index (χ0n) is 12.2. The maximum atomic E-state index is 12.3. The molecule has 1 saturated carbocycles. The molecule has 0 aromatic carbocycles. The topological polar surface area (TPSA) is 50.2 Å². The number of nitrogens with zero attached hydrogens (tertiary/aromatic N) is 3. The minimum atomic E-state index is 0.0261. The summed E-state index contributed by atoms with van der Waals surface area (Å²) in [6, 6.07) is 0.482. The standard InChI is InChI=1S/C14H23ClN4O/c1-18(2)7-8-19-14(12(15)9-17-19)13(20)10-16-11-5-3-4-6-11/h9,11,16H,3-8,10H2,1-2H3. The van der Waals surface area contributed by atoms with Gasteiger partial charge in [-0.1, -0.05) is 24.4 Å². The van der Waals surface area contributed by atoms with Crippen molar-refractivity contribution in [3.05, 3.63) is 16.9 Å². The van der Waals surface area contributed by atoms with Crippen LogP contribution in [0.3, 0.4) is 0 Å². The van der Waals surface area contributed by atoms with Crippen LogP contribution in [0.1, 0.15) is 36.2 Å². The van der Waals surface area contributed by atoms with E-state index in [0.29, 0.717) is 29.8 Å². The molecule has 1 N–H and O–H groups in total. The Morgan fingerprint density at radius 2 is 2.20 bits per heavy atom. The summed E-state index contributed by atoms with van der Waals surface area (Å²) in [5.41, 5.74) is 0.527. The summed E-state index contributed by atoms with van der Waals surface area (Å²) in [6.07, 6.45) is 6.41. The summed E-state index contributed by atoms with van der Waals surface area (Å²) in [6.45, 7) is 1.84. The van der Waals surface area contributed by atoms with E-state index in [1.807, 2.05) is 14.1 Å². The summed E-state index contributed by atoms with van der Waals surface area (Å²) in [5, 5.41) is 7.97. The molecule has 1 aliphatic carbocycles. The lowest BCUT2D eigenvalue weighted by Gasteiger charge is -2.13. The number of hydrogen-bond donors (Lipinski definition) is 1. The van der Waals surface area contributed by atoms with Gasteiger partial charge in [-0.25, -0.2) is 0 Å². The van der Waals surface area contributed by atoms with E-state index in [9.17, 15) is 4.79 Å². The third-order valence-electron chi connectivity index (χ3n) is 3.72. The molecule has 112 valence electrons. The molecule has 0 spiro atoms. The van der Waals surface area contributed by atoms with E-state index in [1.54, 1.807) is 10.9 Å². The van der Waals surface area contributed by atoms with Gasteiger partial charge in [-0.05, 0) is 26.9 Å². The van der Waals surface area contributed by atoms with Gasteiger partial charge >= 0.3 is 0 Å². The third-order valence-corrected chi connectivity index (χ3v) is 4.00. The van der Waals surface area contributed by atoms with Gasteiger partial charge in [0.15, 0.2) is 5.78 Å². The Morgan fingerprint density at radius 1 is 1.50 bits per heavy atom. The minimum Gasteiger partial charge on any atom is -0.308 e. The van der Waals surface area contributed by atoms with Crippen molar-refractivity contribution in [2.75, 3.05) is 27.2 Å². The molecule has 0 amide bonds. The predicted molar refractivity (Wildman–Crippen MR) is 80.4 cm³/mol. The van der Waals surface area contributed by atoms with E-state index in [-0.39, 0.29) is 5.78 Å². The highest BCUT2D eigenvalue weighted by Gasteiger charge is 2.20. The Labute approximate surface area is 125 Å². The molecule has 1 aromatic heterocycles. The molecule has 20 heavy (non-hydrogen) atoms. The smallest absolute Gasteiger partial charge is 0.196 e. The quantitative estimate of drug-likeness (QED) is 0.780. The summed E-state index contributed by atoms with van der Waals surface area (Å²) in [7, 11) is 3.99. The van der Waals surface area contributed by atoms with Crippen molar-refractivity contribution in [2.45, 2.75) is 38.3 Å². The second-order valence-electron chi connectivity index (χ2n) is 5.65. The third kappa shape index (κ3) is 4.04. The van der Waals surface area contributed by atoms with Crippen LogP contribution in [0, 0.1) is 0 Å². The van der Waals surface area contributed by atoms with Gasteiger partial charge in [0.1, 0.15) is 5.69 Å². The van der Waals surface area contributed by atoms with Gasteiger partial charge < -0.3 is 10.2 Å². The molecular weight excluding hydrogens is 276 g/mol. The molecule has 6 heteroatoms. The predicted octanol–water partition coefficient (Wildman–Crippen LogP) is 1.81. The van der Waals surface area contributed by atoms with Gasteiger partial charge in [0.2, 0.25) is 0 Å². The zero-order valence-corrected chi connectivity index (χ0v) is 13.0. The maximum Gasteiger partial charge on any atom is 0.196 e. The van der Waals surface area contributed by atoms with E-state index >= 15 is 0 Å². The lowest BCUT2D eigenvalue weighted by atomic mass is 10.2. The first-order valence-electron chi connectivity index (χ1n) is 7.20. The highest BCUT2D eigenvalue weighted by molar-refractivity contribution is 6.33. The van der Waals surface area contributed by atoms with Gasteiger partial charge in [-0.15, -0.1) is 0 Å². The van der Waals surface area contributed by atoms with Crippen molar-refractivity contribution < 1.29 is 4.79 Å². The maximum absolute atomic E-state index is 12.3. The molecule has 0 unspecified atom stereocenters. The van der Waals surface area contributed by atoms with E-state index in [0.717, 1.165) is 6.54 Å². The molecule has 1 aliphatic rings. The number of carbonyl (C=O) groups is 1. The SMILES string of the molecule is CN(C)CCn1ncc(Cl)c1C(=O)CNC1CCCC1. The first-order valence-corrected chi connectivity index (χ1v) is 7.58. The van der Waals surface area contributed by atoms with Crippen molar-refractivity contribution in [3.63, 3.8) is 0 Å². The van der Waals surface area contributed by atoms with Gasteiger partial charge in [0.25, 0.3) is 0 Å². The zero-order chi connectivity index (χ0) is 14.5. The van der Waals surface area contributed by atoms with Crippen molar-refractivity contribution in [1.82, 2.24) is 20.0 Å². The molecule has 0 bridgehead atoms. The number of rotatable bonds is 7. The Bertz CT molecular complexity index is 452. The van der Waals surface area contributed by atoms with Crippen LogP contribution in [0.4, 0.5) is 0 Å². The minimum absolute atomic E-state index is 0.0261. The Morgan fingerprint density at radius 3 is 2.85 bits per heavy atom. The van der Waals surface area contributed by atoms with Crippen molar-refractivity contribution in [2.24, 2.45) is 0 Å². The van der Waals surface area contributed by atoms with Crippen LogP contribution >= 0.6 is 11.6 Å². The van der Waals surface area contributed by atoms with Gasteiger partial charge in [-0.2, -0.15) is 5.10 Å². The number of halogens is 1. The molecular formula is C14H23ClN4O. The molecule has 0 atom stereocenters. The Kier molecular flexibility index (Phi) is 5.57. The number of carbonyl (C=O) groups excluding carboxylic acids is 1. The number of aromatic nitrogens is 2. The molecule has 1 aromatic rings. The van der Waals surface area contributed by atoms with Crippen LogP contribution < -0.4 is 5.32 Å². The van der Waals surface area contributed by atoms with Crippen molar-refractivity contribution in [3.8, 4) is 0 Å². The van der Waals surface area contributed by atoms with E-state index in [4.69, 9.17) is 11.6 Å². The van der Waals surface area contributed by atoms with E-state index in [1.165, 1.54) is 25.7 Å². The normalized spacial score (nSPS) is 16.2. The number of likely N-dealkylation sites (N-methyl/N-ethyl adjacent to an activating group) is 1. The fraction of sp³-hybridized carbons (Fsp3) is 0.714. The van der Waals surface area contributed by atoms with Crippen LogP contribution in [-0.2, 0) is 6.54 Å². The molecule has 0 saturated heterocycles. The van der Waals surface area contributed by atoms with Gasteiger partial charge in [0, 0.05) is 12.6 Å². The molecule has 1 fully saturated rings. The highest BCUT2D eigenvalue weighted by atomic mass is 35.5. The average molecular weight is 299 g/mol. The second-order valence-corrected chi connectivity index (χ2v) is 6.06. The molecule has 0 aliphatic heterocycles. The monoisotopic (exact) mass is 298 g/mol. The first-order chi connectivity index (χ1) is 9.58. The second kappa shape index (κ2) is 7.20. The van der Waals surface area contributed by atoms with Gasteiger partial charge in [-0.3, -0.25) is 9.48 Å². The molecule has 1 heterocycles. The van der Waals surface area contributed by atoms with Crippen LogP contribution in [0.15, 0.2) is 6.20 Å².